The zero-order valence-corrected chi connectivity index (χ0v) is 16.2. The maximum atomic E-state index is 13.7. The van der Waals surface area contributed by atoms with Gasteiger partial charge in [0.2, 0.25) is 11.8 Å². The van der Waals surface area contributed by atoms with Gasteiger partial charge in [0.1, 0.15) is 5.82 Å². The van der Waals surface area contributed by atoms with Crippen molar-refractivity contribution >= 4 is 11.8 Å². The highest BCUT2D eigenvalue weighted by Gasteiger charge is 2.25. The molecule has 3 rings (SSSR count). The van der Waals surface area contributed by atoms with Crippen LogP contribution in [0.1, 0.15) is 22.5 Å². The van der Waals surface area contributed by atoms with Crippen LogP contribution in [-0.4, -0.2) is 52.4 Å². The molecule has 0 radical (unpaired) electrons. The third kappa shape index (κ3) is 4.21. The minimum Gasteiger partial charge on any atom is -0.352 e. The van der Waals surface area contributed by atoms with Gasteiger partial charge in [-0.2, -0.15) is 0 Å². The highest BCUT2D eigenvalue weighted by Crippen LogP contribution is 2.16. The van der Waals surface area contributed by atoms with E-state index in [1.54, 1.807) is 23.1 Å². The summed E-state index contributed by atoms with van der Waals surface area (Å²) in [4.78, 5) is 28.6. The van der Waals surface area contributed by atoms with Crippen LogP contribution in [0, 0.1) is 19.7 Å². The first kappa shape index (κ1) is 19.1. The van der Waals surface area contributed by atoms with Crippen molar-refractivity contribution in [3.8, 4) is 0 Å². The first-order valence-corrected chi connectivity index (χ1v) is 9.27. The number of nitrogens with zero attached hydrogens (tertiary/aromatic N) is 3. The second kappa shape index (κ2) is 7.94. The molecule has 0 spiro atoms. The molecule has 0 N–H and O–H groups in total. The van der Waals surface area contributed by atoms with E-state index in [1.807, 2.05) is 25.8 Å². The molecule has 0 atom stereocenters. The Kier molecular flexibility index (Phi) is 5.63. The molecule has 1 fully saturated rings. The first-order valence-electron chi connectivity index (χ1n) is 9.27. The Morgan fingerprint density at radius 1 is 0.926 bits per heavy atom. The van der Waals surface area contributed by atoms with Gasteiger partial charge in [-0.3, -0.25) is 9.59 Å². The van der Waals surface area contributed by atoms with Crippen LogP contribution in [0.3, 0.4) is 0 Å². The summed E-state index contributed by atoms with van der Waals surface area (Å²) in [5, 5.41) is 0. The van der Waals surface area contributed by atoms with Gasteiger partial charge in [-0.1, -0.05) is 18.2 Å². The standard InChI is InChI=1S/C21H26FN3O2/c1-15-12-18(16(2)23(15)3)14-21(27)25-10-8-24(9-11-25)20(26)13-17-6-4-5-7-19(17)22/h4-7,12H,8-11,13-14H2,1-3H3. The highest BCUT2D eigenvalue weighted by molar-refractivity contribution is 5.81. The lowest BCUT2D eigenvalue weighted by Gasteiger charge is -2.35. The number of halogens is 1. The minimum atomic E-state index is -0.354. The number of rotatable bonds is 4. The van der Waals surface area contributed by atoms with Crippen LogP contribution < -0.4 is 0 Å². The van der Waals surface area contributed by atoms with Gasteiger partial charge in [0, 0.05) is 44.6 Å². The summed E-state index contributed by atoms with van der Waals surface area (Å²) in [6, 6.07) is 8.41. The summed E-state index contributed by atoms with van der Waals surface area (Å²) < 4.78 is 15.8. The van der Waals surface area contributed by atoms with Gasteiger partial charge in [-0.15, -0.1) is 0 Å². The molecule has 0 aliphatic carbocycles. The molecule has 2 aromatic rings. The molecule has 27 heavy (non-hydrogen) atoms. The second-order valence-corrected chi connectivity index (χ2v) is 7.16. The molecule has 1 aliphatic rings. The third-order valence-corrected chi connectivity index (χ3v) is 5.51. The van der Waals surface area contributed by atoms with Crippen LogP contribution in [0.25, 0.3) is 0 Å². The number of aryl methyl sites for hydroxylation is 1. The number of benzene rings is 1. The Morgan fingerprint density at radius 2 is 1.44 bits per heavy atom. The lowest BCUT2D eigenvalue weighted by Crippen LogP contribution is -2.51. The summed E-state index contributed by atoms with van der Waals surface area (Å²) in [7, 11) is 2.00. The zero-order valence-electron chi connectivity index (χ0n) is 16.2. The van der Waals surface area contributed by atoms with Gasteiger partial charge in [-0.25, -0.2) is 4.39 Å². The van der Waals surface area contributed by atoms with Crippen LogP contribution in [0.5, 0.6) is 0 Å². The molecule has 5 nitrogen and oxygen atoms in total. The van der Waals surface area contributed by atoms with E-state index >= 15 is 0 Å². The van der Waals surface area contributed by atoms with Gasteiger partial charge in [0.25, 0.3) is 0 Å². The second-order valence-electron chi connectivity index (χ2n) is 7.16. The maximum absolute atomic E-state index is 13.7. The molecule has 1 aliphatic heterocycles. The Labute approximate surface area is 159 Å². The molecule has 2 heterocycles. The molecule has 2 amide bonds. The van der Waals surface area contributed by atoms with Gasteiger partial charge in [-0.05, 0) is 37.1 Å². The molecule has 144 valence electrons. The van der Waals surface area contributed by atoms with Crippen LogP contribution >= 0.6 is 0 Å². The maximum Gasteiger partial charge on any atom is 0.227 e. The van der Waals surface area contributed by atoms with Gasteiger partial charge < -0.3 is 14.4 Å². The molecule has 1 saturated heterocycles. The van der Waals surface area contributed by atoms with Crippen molar-refractivity contribution < 1.29 is 14.0 Å². The Morgan fingerprint density at radius 3 is 1.93 bits per heavy atom. The molecular weight excluding hydrogens is 345 g/mol. The van der Waals surface area contributed by atoms with E-state index in [-0.39, 0.29) is 24.1 Å². The normalized spacial score (nSPS) is 14.5. The number of amides is 2. The largest absolute Gasteiger partial charge is 0.352 e. The van der Waals surface area contributed by atoms with Crippen molar-refractivity contribution in [3.63, 3.8) is 0 Å². The Hall–Kier alpha value is -2.63. The summed E-state index contributed by atoms with van der Waals surface area (Å²) in [5.74, 6) is -0.361. The van der Waals surface area contributed by atoms with E-state index in [1.165, 1.54) is 6.07 Å². The number of carbonyl (C=O) groups is 2. The van der Waals surface area contributed by atoms with Crippen LogP contribution in [-0.2, 0) is 29.5 Å². The van der Waals surface area contributed by atoms with Crippen molar-refractivity contribution in [3.05, 3.63) is 58.7 Å². The lowest BCUT2D eigenvalue weighted by molar-refractivity contribution is -0.138. The summed E-state index contributed by atoms with van der Waals surface area (Å²) in [6.07, 6.45) is 0.444. The number of piperazine rings is 1. The fraction of sp³-hybridized carbons (Fsp3) is 0.429. The van der Waals surface area contributed by atoms with Crippen molar-refractivity contribution in [1.82, 2.24) is 14.4 Å². The molecule has 1 aromatic heterocycles. The Bertz CT molecular complexity index is 851. The average Bonchev–Trinajstić information content (AvgIpc) is 2.90. The van der Waals surface area contributed by atoms with Gasteiger partial charge in [0.15, 0.2) is 0 Å². The van der Waals surface area contributed by atoms with E-state index in [0.29, 0.717) is 38.2 Å². The monoisotopic (exact) mass is 371 g/mol. The van der Waals surface area contributed by atoms with E-state index in [2.05, 4.69) is 10.6 Å². The average molecular weight is 371 g/mol. The molecule has 6 heteroatoms. The fourth-order valence-corrected chi connectivity index (χ4v) is 3.51. The summed E-state index contributed by atoms with van der Waals surface area (Å²) in [5.41, 5.74) is 3.72. The van der Waals surface area contributed by atoms with Crippen molar-refractivity contribution in [1.29, 1.82) is 0 Å². The number of carbonyl (C=O) groups excluding carboxylic acids is 2. The van der Waals surface area contributed by atoms with Gasteiger partial charge >= 0.3 is 0 Å². The van der Waals surface area contributed by atoms with Gasteiger partial charge in [0.05, 0.1) is 12.8 Å². The molecular formula is C21H26FN3O2. The summed E-state index contributed by atoms with van der Waals surface area (Å²) in [6.45, 7) is 6.08. The molecule has 0 bridgehead atoms. The van der Waals surface area contributed by atoms with Crippen molar-refractivity contribution in [2.75, 3.05) is 26.2 Å². The first-order chi connectivity index (χ1) is 12.9. The van der Waals surface area contributed by atoms with Crippen LogP contribution in [0.4, 0.5) is 4.39 Å². The third-order valence-electron chi connectivity index (χ3n) is 5.51. The van der Waals surface area contributed by atoms with Crippen molar-refractivity contribution in [2.24, 2.45) is 7.05 Å². The molecule has 0 saturated carbocycles. The Balaban J connectivity index is 1.53. The van der Waals surface area contributed by atoms with E-state index in [0.717, 1.165) is 17.0 Å². The van der Waals surface area contributed by atoms with Crippen LogP contribution in [0.2, 0.25) is 0 Å². The molecule has 1 aromatic carbocycles. The predicted molar refractivity (Wildman–Crippen MR) is 102 cm³/mol. The van der Waals surface area contributed by atoms with E-state index in [4.69, 9.17) is 0 Å². The lowest BCUT2D eigenvalue weighted by atomic mass is 10.1. The number of hydrogen-bond donors (Lipinski definition) is 0. The number of aromatic nitrogens is 1. The van der Waals surface area contributed by atoms with Crippen LogP contribution in [0.15, 0.2) is 30.3 Å². The SMILES string of the molecule is Cc1cc(CC(=O)N2CCN(C(=O)Cc3ccccc3F)CC2)c(C)n1C. The zero-order chi connectivity index (χ0) is 19.6. The smallest absolute Gasteiger partial charge is 0.227 e. The minimum absolute atomic E-state index is 0.0586. The van der Waals surface area contributed by atoms with Crippen molar-refractivity contribution in [2.45, 2.75) is 26.7 Å². The topological polar surface area (TPSA) is 45.6 Å². The van der Waals surface area contributed by atoms with E-state index < -0.39 is 0 Å². The molecule has 0 unspecified atom stereocenters. The fourth-order valence-electron chi connectivity index (χ4n) is 3.51. The highest BCUT2D eigenvalue weighted by atomic mass is 19.1. The quantitative estimate of drug-likeness (QED) is 0.827. The summed E-state index contributed by atoms with van der Waals surface area (Å²) >= 11 is 0. The predicted octanol–water partition coefficient (Wildman–Crippen LogP) is 2.24. The number of hydrogen-bond acceptors (Lipinski definition) is 2. The van der Waals surface area contributed by atoms with E-state index in [9.17, 15) is 14.0 Å².